The average Bonchev–Trinajstić information content (AvgIpc) is 2.93. The van der Waals surface area contributed by atoms with E-state index >= 15 is 0 Å². The van der Waals surface area contributed by atoms with Crippen molar-refractivity contribution >= 4 is 28.8 Å². The number of nitrogens with one attached hydrogen (secondary N) is 2. The summed E-state index contributed by atoms with van der Waals surface area (Å²) in [5.41, 5.74) is 0.868. The third-order valence-corrected chi connectivity index (χ3v) is 3.80. The summed E-state index contributed by atoms with van der Waals surface area (Å²) in [6.45, 7) is 1.40. The molecule has 0 aliphatic rings. The van der Waals surface area contributed by atoms with Crippen molar-refractivity contribution in [3.8, 4) is 0 Å². The summed E-state index contributed by atoms with van der Waals surface area (Å²) in [5, 5.41) is 12.0. The Hall–Kier alpha value is -2.61. The Morgan fingerprint density at radius 1 is 1.30 bits per heavy atom. The number of H-pyrrole nitrogens is 1. The summed E-state index contributed by atoms with van der Waals surface area (Å²) >= 11 is 0.914. The molecule has 120 valence electrons. The van der Waals surface area contributed by atoms with Crippen LogP contribution in [0.15, 0.2) is 41.7 Å². The number of thioether (sulfide) groups is 1. The minimum absolute atomic E-state index is 0.00349. The molecule has 0 aliphatic carbocycles. The van der Waals surface area contributed by atoms with Gasteiger partial charge in [-0.2, -0.15) is 0 Å². The van der Waals surface area contributed by atoms with Crippen molar-refractivity contribution in [3.63, 3.8) is 0 Å². The first-order valence-electron chi connectivity index (χ1n) is 6.76. The van der Waals surface area contributed by atoms with E-state index < -0.39 is 17.9 Å². The molecule has 0 spiro atoms. The molecular weight excluding hydrogens is 318 g/mol. The molecule has 1 atom stereocenters. The van der Waals surface area contributed by atoms with E-state index in [1.165, 1.54) is 13.3 Å². The second-order valence-corrected chi connectivity index (χ2v) is 5.88. The fourth-order valence-electron chi connectivity index (χ4n) is 1.91. The molecule has 23 heavy (non-hydrogen) atoms. The maximum atomic E-state index is 12.1. The Labute approximate surface area is 136 Å². The van der Waals surface area contributed by atoms with Crippen molar-refractivity contribution in [3.05, 3.63) is 47.9 Å². The molecule has 1 unspecified atom stereocenters. The number of carboxylic acid groups (broad SMARTS) is 1. The van der Waals surface area contributed by atoms with Gasteiger partial charge in [-0.1, -0.05) is 18.2 Å². The molecule has 0 radical (unpaired) electrons. The molecule has 0 aliphatic heterocycles. The highest BCUT2D eigenvalue weighted by Gasteiger charge is 2.23. The van der Waals surface area contributed by atoms with Gasteiger partial charge in [0.25, 0.3) is 5.91 Å². The Kier molecular flexibility index (Phi) is 5.53. The minimum atomic E-state index is -1.16. The molecule has 7 nitrogen and oxygen atoms in total. The lowest BCUT2D eigenvalue weighted by Crippen LogP contribution is -2.42. The number of imidazole rings is 1. The van der Waals surface area contributed by atoms with Crippen LogP contribution in [0.5, 0.6) is 0 Å². The van der Waals surface area contributed by atoms with Crippen molar-refractivity contribution in [1.82, 2.24) is 15.3 Å². The van der Waals surface area contributed by atoms with E-state index in [9.17, 15) is 19.5 Å². The van der Waals surface area contributed by atoms with E-state index in [0.717, 1.165) is 11.8 Å². The molecule has 0 saturated carbocycles. The van der Waals surface area contributed by atoms with Crippen molar-refractivity contribution in [2.24, 2.45) is 0 Å². The number of nitrogens with zero attached hydrogens (tertiary/aromatic N) is 1. The molecular formula is C15H15N3O4S. The largest absolute Gasteiger partial charge is 0.480 e. The van der Waals surface area contributed by atoms with Gasteiger partial charge < -0.3 is 15.4 Å². The summed E-state index contributed by atoms with van der Waals surface area (Å²) in [6, 6.07) is 7.22. The second-order valence-electron chi connectivity index (χ2n) is 4.71. The zero-order valence-corrected chi connectivity index (χ0v) is 13.1. The summed E-state index contributed by atoms with van der Waals surface area (Å²) in [4.78, 5) is 41.5. The van der Waals surface area contributed by atoms with Gasteiger partial charge in [-0.25, -0.2) is 9.78 Å². The molecule has 0 fully saturated rings. The fraction of sp³-hybridized carbons (Fsp3) is 0.200. The molecule has 1 amide bonds. The van der Waals surface area contributed by atoms with Gasteiger partial charge in [-0.15, -0.1) is 0 Å². The summed E-state index contributed by atoms with van der Waals surface area (Å²) in [6.07, 6.45) is 1.39. The van der Waals surface area contributed by atoms with Gasteiger partial charge in [-0.3, -0.25) is 9.59 Å². The van der Waals surface area contributed by atoms with Crippen LogP contribution < -0.4 is 5.32 Å². The lowest BCUT2D eigenvalue weighted by atomic mass is 10.1. The Morgan fingerprint density at radius 2 is 2.00 bits per heavy atom. The van der Waals surface area contributed by atoms with Gasteiger partial charge in [-0.05, 0) is 23.9 Å². The van der Waals surface area contributed by atoms with Crippen LogP contribution in [0.4, 0.5) is 0 Å². The van der Waals surface area contributed by atoms with E-state index in [-0.39, 0.29) is 11.5 Å². The molecule has 8 heteroatoms. The molecule has 1 aromatic heterocycles. The molecule has 2 aromatic rings. The first-order chi connectivity index (χ1) is 11.0. The quantitative estimate of drug-likeness (QED) is 0.690. The standard InChI is InChI=1S/C15H15N3O4S/c1-9(19)23-14-11(16-8-17-14)7-12(15(21)22)18-13(20)10-5-3-2-4-6-10/h2-6,8,12H,7H2,1H3,(H,16,17)(H,18,20)(H,21,22). The number of carbonyl (C=O) groups is 3. The summed E-state index contributed by atoms with van der Waals surface area (Å²) < 4.78 is 0. The zero-order valence-electron chi connectivity index (χ0n) is 12.3. The van der Waals surface area contributed by atoms with Gasteiger partial charge in [0.2, 0.25) is 0 Å². The number of benzene rings is 1. The number of carbonyl (C=O) groups excluding carboxylic acids is 2. The lowest BCUT2D eigenvalue weighted by molar-refractivity contribution is -0.139. The predicted molar refractivity (Wildman–Crippen MR) is 84.2 cm³/mol. The van der Waals surface area contributed by atoms with E-state index in [4.69, 9.17) is 0 Å². The highest BCUT2D eigenvalue weighted by molar-refractivity contribution is 8.13. The van der Waals surface area contributed by atoms with Crippen LogP contribution in [0, 0.1) is 0 Å². The van der Waals surface area contributed by atoms with Gasteiger partial charge in [0, 0.05) is 18.9 Å². The van der Waals surface area contributed by atoms with Crippen molar-refractivity contribution < 1.29 is 19.5 Å². The maximum Gasteiger partial charge on any atom is 0.326 e. The van der Waals surface area contributed by atoms with Crippen LogP contribution in [0.1, 0.15) is 23.0 Å². The van der Waals surface area contributed by atoms with Gasteiger partial charge in [0.1, 0.15) is 11.1 Å². The molecule has 3 N–H and O–H groups in total. The van der Waals surface area contributed by atoms with Crippen LogP contribution in [0.25, 0.3) is 0 Å². The number of aromatic nitrogens is 2. The number of aromatic amines is 1. The molecule has 1 heterocycles. The monoisotopic (exact) mass is 333 g/mol. The van der Waals surface area contributed by atoms with Crippen LogP contribution in [-0.4, -0.2) is 38.1 Å². The fourth-order valence-corrected chi connectivity index (χ4v) is 2.56. The van der Waals surface area contributed by atoms with E-state index in [1.807, 2.05) is 0 Å². The van der Waals surface area contributed by atoms with Crippen LogP contribution in [0.3, 0.4) is 0 Å². The number of amides is 1. The number of aliphatic carboxylic acids is 1. The van der Waals surface area contributed by atoms with Gasteiger partial charge >= 0.3 is 5.97 Å². The topological polar surface area (TPSA) is 112 Å². The predicted octanol–water partition coefficient (Wildman–Crippen LogP) is 1.47. The molecule has 0 bridgehead atoms. The first-order valence-corrected chi connectivity index (χ1v) is 7.58. The zero-order chi connectivity index (χ0) is 16.8. The number of hydrogen-bond donors (Lipinski definition) is 3. The molecule has 2 rings (SSSR count). The molecule has 0 saturated heterocycles. The molecule has 1 aromatic carbocycles. The second kappa shape index (κ2) is 7.59. The SMILES string of the molecule is CC(=O)Sc1nc[nH]c1CC(NC(=O)c1ccccc1)C(=O)O. The highest BCUT2D eigenvalue weighted by Crippen LogP contribution is 2.20. The van der Waals surface area contributed by atoms with Crippen LogP contribution in [-0.2, 0) is 16.0 Å². The Bertz CT molecular complexity index is 715. The van der Waals surface area contributed by atoms with Crippen molar-refractivity contribution in [1.29, 1.82) is 0 Å². The Balaban J connectivity index is 2.11. The van der Waals surface area contributed by atoms with Crippen LogP contribution >= 0.6 is 11.8 Å². The van der Waals surface area contributed by atoms with E-state index in [0.29, 0.717) is 16.3 Å². The van der Waals surface area contributed by atoms with E-state index in [2.05, 4.69) is 15.3 Å². The summed E-state index contributed by atoms with van der Waals surface area (Å²) in [5.74, 6) is -1.64. The Morgan fingerprint density at radius 3 is 2.61 bits per heavy atom. The van der Waals surface area contributed by atoms with Crippen molar-refractivity contribution in [2.75, 3.05) is 0 Å². The lowest BCUT2D eigenvalue weighted by Gasteiger charge is -2.14. The summed E-state index contributed by atoms with van der Waals surface area (Å²) in [7, 11) is 0. The third-order valence-electron chi connectivity index (χ3n) is 2.97. The van der Waals surface area contributed by atoms with Crippen LogP contribution in [0.2, 0.25) is 0 Å². The smallest absolute Gasteiger partial charge is 0.326 e. The maximum absolute atomic E-state index is 12.1. The number of carboxylic acids is 1. The van der Waals surface area contributed by atoms with Gasteiger partial charge in [0.15, 0.2) is 5.12 Å². The van der Waals surface area contributed by atoms with E-state index in [1.54, 1.807) is 30.3 Å². The third kappa shape index (κ3) is 4.68. The van der Waals surface area contributed by atoms with Gasteiger partial charge in [0.05, 0.1) is 12.0 Å². The number of rotatable bonds is 6. The average molecular weight is 333 g/mol. The highest BCUT2D eigenvalue weighted by atomic mass is 32.2. The number of hydrogen-bond acceptors (Lipinski definition) is 5. The first kappa shape index (κ1) is 16.8. The van der Waals surface area contributed by atoms with Crippen molar-refractivity contribution in [2.45, 2.75) is 24.4 Å². The minimum Gasteiger partial charge on any atom is -0.480 e. The normalized spacial score (nSPS) is 11.7.